The molecule has 0 atom stereocenters. The highest BCUT2D eigenvalue weighted by Gasteiger charge is 2.27. The molecule has 3 aromatic rings. The van der Waals surface area contributed by atoms with Crippen molar-refractivity contribution in [2.75, 3.05) is 20.0 Å². The Morgan fingerprint density at radius 3 is 2.34 bits per heavy atom. The lowest BCUT2D eigenvalue weighted by Gasteiger charge is -2.10. The van der Waals surface area contributed by atoms with Crippen LogP contribution in [0, 0.1) is 6.92 Å². The number of hydrogen-bond donors (Lipinski definition) is 1. The number of carboxylic acids is 1. The lowest BCUT2D eigenvalue weighted by atomic mass is 10.0. The van der Waals surface area contributed by atoms with Gasteiger partial charge in [0.15, 0.2) is 0 Å². The van der Waals surface area contributed by atoms with Gasteiger partial charge in [0, 0.05) is 0 Å². The summed E-state index contributed by atoms with van der Waals surface area (Å²) in [4.78, 5) is 32.7. The molecule has 0 saturated carbocycles. The Bertz CT molecular complexity index is 1070. The van der Waals surface area contributed by atoms with Crippen molar-refractivity contribution < 1.29 is 33.3 Å². The Balaban J connectivity index is 2.19. The number of aryl methyl sites for hydroxylation is 1. The summed E-state index contributed by atoms with van der Waals surface area (Å²) in [5.41, 5.74) is 0.264. The van der Waals surface area contributed by atoms with Crippen LogP contribution < -0.4 is 14.2 Å². The van der Waals surface area contributed by atoms with Gasteiger partial charge in [-0.2, -0.15) is 9.97 Å². The van der Waals surface area contributed by atoms with E-state index in [1.807, 2.05) is 6.92 Å². The van der Waals surface area contributed by atoms with Crippen molar-refractivity contribution in [1.29, 1.82) is 0 Å². The molecule has 0 aliphatic rings. The van der Waals surface area contributed by atoms with Crippen LogP contribution in [0.15, 0.2) is 22.6 Å². The number of benzene rings is 1. The molecular weight excluding hydrogens is 400 g/mol. The molecule has 0 spiro atoms. The summed E-state index contributed by atoms with van der Waals surface area (Å²) in [6.45, 7) is 3.45. The number of rotatable bonds is 7. The normalized spacial score (nSPS) is 10.8. The third-order valence-electron chi connectivity index (χ3n) is 3.97. The molecule has 0 aliphatic heterocycles. The molecule has 2 aromatic heterocycles. The number of nitrogens with zero attached hydrogens (tertiary/aromatic N) is 2. The molecule has 0 fully saturated rings. The fourth-order valence-electron chi connectivity index (χ4n) is 2.77. The molecule has 0 radical (unpaired) electrons. The third kappa shape index (κ3) is 3.97. The zero-order chi connectivity index (χ0) is 21.1. The van der Waals surface area contributed by atoms with Crippen molar-refractivity contribution in [2.45, 2.75) is 13.8 Å². The van der Waals surface area contributed by atoms with Crippen molar-refractivity contribution in [3.63, 3.8) is 0 Å². The second kappa shape index (κ2) is 8.39. The van der Waals surface area contributed by atoms with E-state index in [2.05, 4.69) is 9.97 Å². The number of carbonyl (C=O) groups excluding carboxylic acids is 1. The van der Waals surface area contributed by atoms with Crippen LogP contribution in [-0.4, -0.2) is 46.1 Å². The van der Waals surface area contributed by atoms with E-state index in [0.29, 0.717) is 11.5 Å². The third-order valence-corrected chi connectivity index (χ3v) is 4.72. The van der Waals surface area contributed by atoms with Crippen molar-refractivity contribution in [1.82, 2.24) is 9.97 Å². The molecule has 0 bridgehead atoms. The van der Waals surface area contributed by atoms with Gasteiger partial charge in [0.1, 0.15) is 22.7 Å². The van der Waals surface area contributed by atoms with E-state index in [1.165, 1.54) is 32.4 Å². The molecule has 1 N–H and O–H groups in total. The number of fused-ring (bicyclic) bond motifs is 1. The average molecular weight is 418 g/mol. The van der Waals surface area contributed by atoms with Crippen LogP contribution in [0.25, 0.3) is 11.0 Å². The highest BCUT2D eigenvalue weighted by atomic mass is 32.2. The first-order chi connectivity index (χ1) is 13.9. The fraction of sp³-hybridized carbons (Fsp3) is 0.263. The number of ether oxygens (including phenoxy) is 3. The van der Waals surface area contributed by atoms with Gasteiger partial charge in [0.05, 0.1) is 31.2 Å². The van der Waals surface area contributed by atoms with Gasteiger partial charge in [0.2, 0.25) is 16.9 Å². The van der Waals surface area contributed by atoms with Gasteiger partial charge >= 0.3 is 12.0 Å². The molecule has 152 valence electrons. The maximum Gasteiger partial charge on any atom is 0.340 e. The van der Waals surface area contributed by atoms with Crippen molar-refractivity contribution in [3.8, 4) is 23.5 Å². The standard InChI is InChI=1S/C19H18N2O7S/c1-5-29-18(24)14-9(2)27-10-6-7-11(16(15(10)14)17(22)23)28-19-20-12(25-3)8-13(21-19)26-4/h6-8H,5H2,1-4H3,(H,22,23). The van der Waals surface area contributed by atoms with Crippen LogP contribution in [0.1, 0.15) is 33.4 Å². The number of thioether (sulfide) groups is 1. The molecule has 0 saturated heterocycles. The van der Waals surface area contributed by atoms with Gasteiger partial charge in [-0.15, -0.1) is 0 Å². The number of methoxy groups -OCH3 is 2. The van der Waals surface area contributed by atoms with E-state index >= 15 is 0 Å². The maximum atomic E-state index is 12.6. The van der Waals surface area contributed by atoms with Gasteiger partial charge in [-0.1, -0.05) is 18.7 Å². The second-order valence-electron chi connectivity index (χ2n) is 5.71. The van der Waals surface area contributed by atoms with Gasteiger partial charge in [-0.3, -0.25) is 4.79 Å². The average Bonchev–Trinajstić information content (AvgIpc) is 3.03. The van der Waals surface area contributed by atoms with Crippen LogP contribution in [0.4, 0.5) is 0 Å². The maximum absolute atomic E-state index is 12.6. The lowest BCUT2D eigenvalue weighted by molar-refractivity contribution is 0.0696. The van der Waals surface area contributed by atoms with E-state index in [0.717, 1.165) is 11.8 Å². The van der Waals surface area contributed by atoms with Crippen molar-refractivity contribution in [2.24, 2.45) is 0 Å². The first kappa shape index (κ1) is 20.5. The highest BCUT2D eigenvalue weighted by molar-refractivity contribution is 8.14. The van der Waals surface area contributed by atoms with Gasteiger partial charge in [-0.25, -0.2) is 4.79 Å². The molecule has 1 aromatic carbocycles. The Kier molecular flexibility index (Phi) is 5.92. The van der Waals surface area contributed by atoms with E-state index in [1.54, 1.807) is 6.92 Å². The number of hydrogen-bond acceptors (Lipinski definition) is 9. The minimum atomic E-state index is -1.28. The summed E-state index contributed by atoms with van der Waals surface area (Å²) in [5.74, 6) is -0.0854. The molecule has 0 amide bonds. The first-order valence-corrected chi connectivity index (χ1v) is 9.49. The van der Waals surface area contributed by atoms with Crippen LogP contribution in [0.3, 0.4) is 0 Å². The molecule has 3 rings (SSSR count). The molecular formula is C19H18N2O7S. The fourth-order valence-corrected chi connectivity index (χ4v) is 3.43. The van der Waals surface area contributed by atoms with E-state index in [4.69, 9.17) is 18.6 Å². The first-order valence-electron chi connectivity index (χ1n) is 8.51. The molecule has 2 heterocycles. The predicted molar refractivity (Wildman–Crippen MR) is 106 cm³/mol. The minimum absolute atomic E-state index is 0.0448. The summed E-state index contributed by atoms with van der Waals surface area (Å²) >= 11 is 1.07. The van der Waals surface area contributed by atoms with Crippen LogP contribution >= 0.6 is 11.8 Å². The SMILES string of the molecule is CCSC(=O)c1c(C)oc2ccc(Oc3nc(OC)cc(OC)n3)c(C(=O)O)c12. The minimum Gasteiger partial charge on any atom is -0.481 e. The smallest absolute Gasteiger partial charge is 0.340 e. The van der Waals surface area contributed by atoms with Gasteiger partial charge in [-0.05, 0) is 24.8 Å². The molecule has 0 aliphatic carbocycles. The summed E-state index contributed by atoms with van der Waals surface area (Å²) < 4.78 is 21.4. The highest BCUT2D eigenvalue weighted by Crippen LogP contribution is 2.37. The monoisotopic (exact) mass is 418 g/mol. The van der Waals surface area contributed by atoms with E-state index in [9.17, 15) is 14.7 Å². The van der Waals surface area contributed by atoms with Gasteiger partial charge in [0.25, 0.3) is 0 Å². The molecule has 10 heteroatoms. The summed E-state index contributed by atoms with van der Waals surface area (Å²) in [5, 5.41) is 9.76. The predicted octanol–water partition coefficient (Wildman–Crippen LogP) is 3.93. The van der Waals surface area contributed by atoms with Crippen molar-refractivity contribution in [3.05, 3.63) is 35.1 Å². The Labute approximate surface area is 170 Å². The second-order valence-corrected chi connectivity index (χ2v) is 6.94. The summed E-state index contributed by atoms with van der Waals surface area (Å²) in [6.07, 6.45) is 0. The number of furan rings is 1. The zero-order valence-corrected chi connectivity index (χ0v) is 17.0. The topological polar surface area (TPSA) is 121 Å². The number of carboxylic acid groups (broad SMARTS) is 1. The van der Waals surface area contributed by atoms with E-state index < -0.39 is 5.97 Å². The number of aromatic nitrogens is 2. The Hall–Kier alpha value is -3.27. The van der Waals surface area contributed by atoms with Crippen molar-refractivity contribution >= 4 is 33.8 Å². The molecule has 29 heavy (non-hydrogen) atoms. The summed E-state index contributed by atoms with van der Waals surface area (Å²) in [6, 6.07) is 4.24. The lowest BCUT2D eigenvalue weighted by Crippen LogP contribution is -2.05. The zero-order valence-electron chi connectivity index (χ0n) is 16.1. The molecule has 9 nitrogen and oxygen atoms in total. The summed E-state index contributed by atoms with van der Waals surface area (Å²) in [7, 11) is 2.83. The van der Waals surface area contributed by atoms with Crippen LogP contribution in [0.5, 0.6) is 23.5 Å². The number of carbonyl (C=O) groups is 2. The van der Waals surface area contributed by atoms with Gasteiger partial charge < -0.3 is 23.7 Å². The Morgan fingerprint density at radius 2 is 1.79 bits per heavy atom. The van der Waals surface area contributed by atoms with Crippen LogP contribution in [-0.2, 0) is 0 Å². The van der Waals surface area contributed by atoms with E-state index in [-0.39, 0.29) is 50.7 Å². The quantitative estimate of drug-likeness (QED) is 0.604. The Morgan fingerprint density at radius 1 is 1.14 bits per heavy atom. The van der Waals surface area contributed by atoms with Crippen LogP contribution in [0.2, 0.25) is 0 Å². The molecule has 0 unspecified atom stereocenters. The largest absolute Gasteiger partial charge is 0.481 e. The number of aromatic carboxylic acids is 1.